The lowest BCUT2D eigenvalue weighted by Crippen LogP contribution is -2.36. The van der Waals surface area contributed by atoms with Crippen molar-refractivity contribution in [3.63, 3.8) is 0 Å². The summed E-state index contributed by atoms with van der Waals surface area (Å²) in [5.74, 6) is -0.329. The van der Waals surface area contributed by atoms with Gasteiger partial charge in [0.25, 0.3) is 0 Å². The first-order chi connectivity index (χ1) is 9.13. The van der Waals surface area contributed by atoms with Crippen molar-refractivity contribution in [1.29, 1.82) is 5.26 Å². The molecule has 0 aliphatic carbocycles. The van der Waals surface area contributed by atoms with Crippen molar-refractivity contribution in [2.75, 3.05) is 6.54 Å². The second-order valence-electron chi connectivity index (χ2n) is 4.75. The van der Waals surface area contributed by atoms with E-state index in [-0.39, 0.29) is 24.6 Å². The van der Waals surface area contributed by atoms with Gasteiger partial charge in [-0.25, -0.2) is 4.79 Å². The maximum atomic E-state index is 12.0. The van der Waals surface area contributed by atoms with Crippen LogP contribution in [0, 0.1) is 17.2 Å². The molecule has 1 aliphatic heterocycles. The van der Waals surface area contributed by atoms with Gasteiger partial charge in [-0.15, -0.1) is 0 Å². The van der Waals surface area contributed by atoms with Crippen LogP contribution in [-0.4, -0.2) is 29.6 Å². The third-order valence-corrected chi connectivity index (χ3v) is 3.47. The van der Waals surface area contributed by atoms with Gasteiger partial charge in [-0.2, -0.15) is 5.26 Å². The fourth-order valence-electron chi connectivity index (χ4n) is 2.31. The zero-order valence-corrected chi connectivity index (χ0v) is 10.8. The molecule has 1 fully saturated rings. The molecule has 1 aromatic rings. The molecule has 0 aromatic heterocycles. The van der Waals surface area contributed by atoms with Gasteiger partial charge in [0.1, 0.15) is 6.61 Å². The van der Waals surface area contributed by atoms with Crippen LogP contribution >= 0.6 is 0 Å². The van der Waals surface area contributed by atoms with Crippen LogP contribution in [0.15, 0.2) is 30.3 Å². The molecule has 0 bridgehead atoms. The van der Waals surface area contributed by atoms with Gasteiger partial charge >= 0.3 is 6.09 Å². The van der Waals surface area contributed by atoms with Crippen LogP contribution in [0.5, 0.6) is 0 Å². The summed E-state index contributed by atoms with van der Waals surface area (Å²) in [7, 11) is 0. The number of benzene rings is 1. The number of nitrogens with two attached hydrogens (primary N) is 1. The van der Waals surface area contributed by atoms with Gasteiger partial charge in [0.2, 0.25) is 0 Å². The van der Waals surface area contributed by atoms with Crippen LogP contribution in [0.2, 0.25) is 0 Å². The fraction of sp³-hybridized carbons (Fsp3) is 0.429. The van der Waals surface area contributed by atoms with Crippen molar-refractivity contribution in [3.8, 4) is 6.07 Å². The lowest BCUT2D eigenvalue weighted by atomic mass is 10.0. The normalized spacial score (nSPS) is 25.9. The highest BCUT2D eigenvalue weighted by Crippen LogP contribution is 2.23. The Morgan fingerprint density at radius 1 is 1.53 bits per heavy atom. The molecule has 0 saturated carbocycles. The van der Waals surface area contributed by atoms with E-state index in [0.717, 1.165) is 5.56 Å². The lowest BCUT2D eigenvalue weighted by molar-refractivity contribution is 0.0926. The molecule has 1 heterocycles. The highest BCUT2D eigenvalue weighted by atomic mass is 16.6. The molecule has 0 radical (unpaired) electrons. The van der Waals surface area contributed by atoms with Crippen molar-refractivity contribution in [2.24, 2.45) is 11.7 Å². The number of carbonyl (C=O) groups is 1. The van der Waals surface area contributed by atoms with E-state index < -0.39 is 6.09 Å². The molecule has 1 saturated heterocycles. The number of ether oxygens (including phenoxy) is 1. The minimum atomic E-state index is -0.412. The SMILES string of the molecule is CC1C(C#N)C(N)CN1C(=O)OCc1ccccc1. The minimum absolute atomic E-state index is 0.205. The second-order valence-corrected chi connectivity index (χ2v) is 4.75. The Kier molecular flexibility index (Phi) is 4.03. The van der Waals surface area contributed by atoms with Crippen molar-refractivity contribution in [2.45, 2.75) is 25.6 Å². The van der Waals surface area contributed by atoms with E-state index in [4.69, 9.17) is 15.7 Å². The van der Waals surface area contributed by atoms with E-state index in [9.17, 15) is 4.79 Å². The number of amides is 1. The summed E-state index contributed by atoms with van der Waals surface area (Å²) < 4.78 is 5.25. The molecular formula is C14H17N3O2. The Morgan fingerprint density at radius 3 is 2.79 bits per heavy atom. The van der Waals surface area contributed by atoms with E-state index in [0.29, 0.717) is 6.54 Å². The molecular weight excluding hydrogens is 242 g/mol. The van der Waals surface area contributed by atoms with E-state index in [2.05, 4.69) is 6.07 Å². The molecule has 2 N–H and O–H groups in total. The summed E-state index contributed by atoms with van der Waals surface area (Å²) in [5, 5.41) is 9.01. The van der Waals surface area contributed by atoms with Crippen LogP contribution in [0.3, 0.4) is 0 Å². The molecule has 1 aromatic carbocycles. The third kappa shape index (κ3) is 2.85. The highest BCUT2D eigenvalue weighted by molar-refractivity contribution is 5.68. The van der Waals surface area contributed by atoms with Crippen LogP contribution in [0.4, 0.5) is 4.79 Å². The molecule has 19 heavy (non-hydrogen) atoms. The number of nitrogens with zero attached hydrogens (tertiary/aromatic N) is 2. The minimum Gasteiger partial charge on any atom is -0.445 e. The van der Waals surface area contributed by atoms with Crippen LogP contribution in [-0.2, 0) is 11.3 Å². The van der Waals surface area contributed by atoms with Gasteiger partial charge in [-0.05, 0) is 12.5 Å². The molecule has 2 rings (SSSR count). The van der Waals surface area contributed by atoms with Gasteiger partial charge in [-0.3, -0.25) is 0 Å². The predicted molar refractivity (Wildman–Crippen MR) is 69.9 cm³/mol. The maximum absolute atomic E-state index is 12.0. The molecule has 1 aliphatic rings. The van der Waals surface area contributed by atoms with Crippen LogP contribution in [0.1, 0.15) is 12.5 Å². The zero-order chi connectivity index (χ0) is 13.8. The maximum Gasteiger partial charge on any atom is 0.410 e. The summed E-state index contributed by atoms with van der Waals surface area (Å²) in [4.78, 5) is 13.5. The van der Waals surface area contributed by atoms with Gasteiger partial charge in [0.05, 0.1) is 12.0 Å². The van der Waals surface area contributed by atoms with Gasteiger partial charge in [-0.1, -0.05) is 30.3 Å². The van der Waals surface area contributed by atoms with Gasteiger partial charge < -0.3 is 15.4 Å². The average Bonchev–Trinajstić information content (AvgIpc) is 2.72. The number of likely N-dealkylation sites (tertiary alicyclic amines) is 1. The largest absolute Gasteiger partial charge is 0.445 e. The predicted octanol–water partition coefficient (Wildman–Crippen LogP) is 1.49. The molecule has 5 nitrogen and oxygen atoms in total. The smallest absolute Gasteiger partial charge is 0.410 e. The zero-order valence-electron chi connectivity index (χ0n) is 10.8. The molecule has 3 atom stereocenters. The molecule has 3 unspecified atom stereocenters. The first-order valence-electron chi connectivity index (χ1n) is 6.26. The van der Waals surface area contributed by atoms with Crippen molar-refractivity contribution in [3.05, 3.63) is 35.9 Å². The summed E-state index contributed by atoms with van der Waals surface area (Å²) in [6, 6.07) is 11.1. The first-order valence-corrected chi connectivity index (χ1v) is 6.26. The monoisotopic (exact) mass is 259 g/mol. The highest BCUT2D eigenvalue weighted by Gasteiger charge is 2.40. The summed E-state index contributed by atoms with van der Waals surface area (Å²) in [6.07, 6.45) is -0.412. The third-order valence-electron chi connectivity index (χ3n) is 3.47. The number of hydrogen-bond acceptors (Lipinski definition) is 4. The number of hydrogen-bond donors (Lipinski definition) is 1. The lowest BCUT2D eigenvalue weighted by Gasteiger charge is -2.21. The second kappa shape index (κ2) is 5.72. The summed E-state index contributed by atoms with van der Waals surface area (Å²) in [6.45, 7) is 2.42. The van der Waals surface area contributed by atoms with E-state index >= 15 is 0 Å². The van der Waals surface area contributed by atoms with Crippen molar-refractivity contribution >= 4 is 6.09 Å². The average molecular weight is 259 g/mol. The fourth-order valence-corrected chi connectivity index (χ4v) is 2.31. The van der Waals surface area contributed by atoms with Crippen molar-refractivity contribution in [1.82, 2.24) is 4.90 Å². The number of rotatable bonds is 2. The Hall–Kier alpha value is -2.06. The number of carbonyl (C=O) groups excluding carboxylic acids is 1. The van der Waals surface area contributed by atoms with E-state index in [1.54, 1.807) is 0 Å². The van der Waals surface area contributed by atoms with Crippen LogP contribution < -0.4 is 5.73 Å². The van der Waals surface area contributed by atoms with Crippen molar-refractivity contribution < 1.29 is 9.53 Å². The van der Waals surface area contributed by atoms with Crippen LogP contribution in [0.25, 0.3) is 0 Å². The van der Waals surface area contributed by atoms with E-state index in [1.165, 1.54) is 4.90 Å². The Labute approximate surface area is 112 Å². The molecule has 0 spiro atoms. The topological polar surface area (TPSA) is 79.4 Å². The van der Waals surface area contributed by atoms with Gasteiger partial charge in [0, 0.05) is 18.6 Å². The summed E-state index contributed by atoms with van der Waals surface area (Å²) in [5.41, 5.74) is 6.78. The molecule has 5 heteroatoms. The molecule has 1 amide bonds. The summed E-state index contributed by atoms with van der Waals surface area (Å²) >= 11 is 0. The standard InChI is InChI=1S/C14H17N3O2/c1-10-12(7-15)13(16)8-17(10)14(18)19-9-11-5-3-2-4-6-11/h2-6,10,12-13H,8-9,16H2,1H3. The molecule has 100 valence electrons. The van der Waals surface area contributed by atoms with E-state index in [1.807, 2.05) is 37.3 Å². The first kappa shape index (κ1) is 13.4. The number of nitriles is 1. The Morgan fingerprint density at radius 2 is 2.21 bits per heavy atom. The Bertz CT molecular complexity index is 483. The quantitative estimate of drug-likeness (QED) is 0.872. The Balaban J connectivity index is 1.93. The van der Waals surface area contributed by atoms with Gasteiger partial charge in [0.15, 0.2) is 0 Å².